The van der Waals surface area contributed by atoms with E-state index in [2.05, 4.69) is 5.53 Å². The molecule has 13 nitrogen and oxygen atoms in total. The molecule has 93 heavy (non-hydrogen) atoms. The summed E-state index contributed by atoms with van der Waals surface area (Å²) in [6.45, 7) is 0. The Morgan fingerprint density at radius 1 is 0.323 bits per heavy atom. The molecule has 0 unspecified atom stereocenters. The van der Waals surface area contributed by atoms with E-state index >= 15 is 0 Å². The van der Waals surface area contributed by atoms with E-state index in [9.17, 15) is 36.7 Å². The second kappa shape index (κ2) is 24.3. The first kappa shape index (κ1) is 59.5. The van der Waals surface area contributed by atoms with E-state index in [1.54, 1.807) is 82.1 Å². The fourth-order valence-corrected chi connectivity index (χ4v) is 11.8. The molecule has 1 N–H and O–H groups in total. The highest BCUT2D eigenvalue weighted by atomic mass is 35.5. The monoisotopic (exact) mass is 1320 g/mol. The van der Waals surface area contributed by atoms with Crippen LogP contribution in [0.2, 0.25) is 0 Å². The van der Waals surface area contributed by atoms with Crippen molar-refractivity contribution in [2.75, 3.05) is 5.53 Å². The maximum absolute atomic E-state index is 14.8. The Morgan fingerprint density at radius 3 is 0.871 bits per heavy atom. The summed E-state index contributed by atoms with van der Waals surface area (Å²) in [4.78, 5) is 65.2. The molecule has 0 fully saturated rings. The van der Waals surface area contributed by atoms with Crippen LogP contribution in [0.3, 0.4) is 0 Å². The molecular weight excluding hydrogens is 1280 g/mol. The van der Waals surface area contributed by atoms with Gasteiger partial charge >= 0.3 is 23.9 Å². The van der Waals surface area contributed by atoms with Crippen LogP contribution >= 0.6 is 46.4 Å². The van der Waals surface area contributed by atoms with E-state index in [0.717, 1.165) is 24.3 Å². The number of aromatic nitrogens is 2. The van der Waals surface area contributed by atoms with Gasteiger partial charge in [0.1, 0.15) is 0 Å². The molecule has 6 heterocycles. The molecule has 4 aliphatic heterocycles. The molecule has 0 saturated heterocycles. The number of benzene rings is 8. The lowest BCUT2D eigenvalue weighted by molar-refractivity contribution is 0.0718. The van der Waals surface area contributed by atoms with Crippen molar-refractivity contribution in [1.29, 1.82) is 0 Å². The van der Waals surface area contributed by atoms with E-state index in [4.69, 9.17) is 75.3 Å². The highest BCUT2D eigenvalue weighted by Crippen LogP contribution is 2.46. The largest absolute Gasteiger partial charge is 0.420 e. The van der Waals surface area contributed by atoms with Crippen molar-refractivity contribution in [1.82, 2.24) is 9.35 Å². The molecule has 8 aromatic carbocycles. The van der Waals surface area contributed by atoms with Gasteiger partial charge in [-0.3, -0.25) is 0 Å². The fraction of sp³-hybridized carbons (Fsp3) is 0. The number of carbonyl (C=O) groups is 4. The minimum atomic E-state index is -0.857. The van der Waals surface area contributed by atoms with E-state index in [1.165, 1.54) is 121 Å². The number of ether oxygens (including phenoxy) is 4. The van der Waals surface area contributed by atoms with Gasteiger partial charge in [0.2, 0.25) is 0 Å². The Labute approximate surface area is 544 Å². The van der Waals surface area contributed by atoms with Crippen LogP contribution in [0, 0.1) is 23.3 Å². The smallest absolute Gasteiger partial charge is 0.343 e. The predicted octanol–water partition coefficient (Wildman–Crippen LogP) is 15.0. The molecule has 6 bridgehead atoms. The molecule has 454 valence electrons. The summed E-state index contributed by atoms with van der Waals surface area (Å²) in [7, 11) is 0. The van der Waals surface area contributed by atoms with Crippen LogP contribution in [0.5, 0.6) is 23.0 Å². The van der Waals surface area contributed by atoms with Gasteiger partial charge in [0, 0.05) is 22.3 Å². The number of halogens is 8. The Bertz CT molecular complexity index is 4910. The van der Waals surface area contributed by atoms with E-state index in [0.29, 0.717) is 66.6 Å². The maximum atomic E-state index is 14.8. The van der Waals surface area contributed by atoms with Crippen molar-refractivity contribution < 1.29 is 55.7 Å². The molecule has 2 aromatic heterocycles. The Hall–Kier alpha value is -11.1. The molecule has 0 aliphatic carbocycles. The second-order valence-electron chi connectivity index (χ2n) is 20.9. The summed E-state index contributed by atoms with van der Waals surface area (Å²) in [5, 5.41) is 0.684. The molecule has 0 atom stereocenters. The van der Waals surface area contributed by atoms with Gasteiger partial charge in [-0.05, 0) is 144 Å². The first-order chi connectivity index (χ1) is 45.1. The van der Waals surface area contributed by atoms with Gasteiger partial charge in [-0.2, -0.15) is 0 Å². The average Bonchev–Trinajstić information content (AvgIpc) is 1.58. The lowest BCUT2D eigenvalue weighted by Gasteiger charge is -2.24. The quantitative estimate of drug-likeness (QED) is 0.0716. The van der Waals surface area contributed by atoms with Crippen LogP contribution in [0.4, 0.5) is 17.6 Å². The fourth-order valence-electron chi connectivity index (χ4n) is 10.9. The van der Waals surface area contributed by atoms with Gasteiger partial charge in [-0.25, -0.2) is 61.6 Å². The van der Waals surface area contributed by atoms with Crippen LogP contribution < -0.4 is 35.2 Å². The number of allylic oxidation sites excluding steroid dienone is 4. The van der Waals surface area contributed by atoms with Crippen molar-refractivity contribution in [3.63, 3.8) is 0 Å². The minimum absolute atomic E-state index is 0.00850. The number of carbonyl (C=O) groups excluding carboxylic acids is 4. The van der Waals surface area contributed by atoms with Crippen LogP contribution in [0.1, 0.15) is 75.1 Å². The Morgan fingerprint density at radius 2 is 0.591 bits per heavy atom. The van der Waals surface area contributed by atoms with Gasteiger partial charge in [0.25, 0.3) is 0 Å². The van der Waals surface area contributed by atoms with E-state index in [1.807, 2.05) is 0 Å². The first-order valence-electron chi connectivity index (χ1n) is 28.1. The molecule has 0 saturated carbocycles. The van der Waals surface area contributed by atoms with Crippen molar-refractivity contribution in [2.45, 2.75) is 0 Å². The normalized spacial score (nSPS) is 16.7. The summed E-state index contributed by atoms with van der Waals surface area (Å²) in [6.07, 6.45) is 0. The molecule has 21 heteroatoms. The Balaban J connectivity index is 1.02. The van der Waals surface area contributed by atoms with Gasteiger partial charge < -0.3 is 18.9 Å². The number of rotatable bonds is 12. The third kappa shape index (κ3) is 10.9. The van der Waals surface area contributed by atoms with Crippen LogP contribution in [-0.4, -0.2) is 44.7 Å². The molecule has 4 aliphatic rings. The van der Waals surface area contributed by atoms with E-state index < -0.39 is 47.1 Å². The van der Waals surface area contributed by atoms with Crippen LogP contribution in [-0.2, 0) is 0 Å². The van der Waals surface area contributed by atoms with Crippen molar-refractivity contribution in [2.24, 2.45) is 9.98 Å². The number of nitrogens with one attached hydrogen (secondary N) is 1. The maximum Gasteiger partial charge on any atom is 0.343 e. The molecular formula is C72H37Cl4F4N5O8. The topological polar surface area (TPSA) is 152 Å². The lowest BCUT2D eigenvalue weighted by Crippen LogP contribution is -2.42. The third-order valence-electron chi connectivity index (χ3n) is 15.4. The number of esters is 4. The second-order valence-corrected chi connectivity index (χ2v) is 22.5. The number of nitrogens with zero attached hydrogens (tertiary/aromatic N) is 4. The van der Waals surface area contributed by atoms with Crippen LogP contribution in [0.15, 0.2) is 260 Å². The summed E-state index contributed by atoms with van der Waals surface area (Å²) in [5.74, 6) is -7.53. The lowest BCUT2D eigenvalue weighted by atomic mass is 9.98. The Kier molecular flexibility index (Phi) is 15.5. The molecule has 0 amide bonds. The van der Waals surface area contributed by atoms with E-state index in [-0.39, 0.29) is 88.2 Å². The van der Waals surface area contributed by atoms with Crippen molar-refractivity contribution >= 4 is 104 Å². The first-order valence-corrected chi connectivity index (χ1v) is 29.6. The SMILES string of the molecule is O=C(Oc1ccccc1F)c1ccc(/C2=C3N=C(C(Cl)=C/3Cl)/C(c3ccc(C(=O)Oc4ccccc4F)cc3)=c3/cc/c4n3Nn3c2ccc3/C(c2ccc(C(=O)Oc3ccccc3F)cc2)=C2N=C(C(Cl)=C\2Cl)/C=4c2ccc(C(=O)Oc3ccccc3F)cc2)cc1. The zero-order valence-electron chi connectivity index (χ0n) is 47.4. The van der Waals surface area contributed by atoms with Crippen LogP contribution in [0.25, 0.3) is 22.3 Å². The standard InChI is InChI=1S/C72H37Cl4F4N5O8/c73-61-62(74)66-59(39-21-29-43(30-22-39)71(88)92-55-15-7-3-11-47(55)79)51-35-36-52-60(40-23-31-44(32-24-40)72(89)93-56-16-8-4-12-48(56)80)68-64(76)63(75)67(82-68)58(38-19-27-42(28-20-38)70(87)91-54-14-6-2-10-46(54)78)50-34-33-49(84(50)83-85(51)52)57(65(61)81-66)37-17-25-41(26-18-37)69(86)90-53-13-5-1-9-45(53)77/h1-36,83H/b57-49-,58-50+,59-51?,60-52?,65-57?,66-59-,67-58?,68-60-. The summed E-state index contributed by atoms with van der Waals surface area (Å²) in [5.41, 5.74) is 8.20. The molecule has 10 aromatic rings. The van der Waals surface area contributed by atoms with Gasteiger partial charge in [-0.15, -0.1) is 0 Å². The van der Waals surface area contributed by atoms with Crippen molar-refractivity contribution in [3.8, 4) is 23.0 Å². The predicted molar refractivity (Wildman–Crippen MR) is 343 cm³/mol. The molecule has 0 radical (unpaired) electrons. The number of hydrogen-bond acceptors (Lipinski definition) is 11. The van der Waals surface area contributed by atoms with Crippen molar-refractivity contribution in [3.05, 3.63) is 340 Å². The molecule has 0 spiro atoms. The highest BCUT2D eigenvalue weighted by molar-refractivity contribution is 6.59. The number of hydrogen-bond donors (Lipinski definition) is 1. The zero-order valence-corrected chi connectivity index (χ0v) is 50.4. The third-order valence-corrected chi connectivity index (χ3v) is 17.1. The molecule has 14 rings (SSSR count). The minimum Gasteiger partial charge on any atom is -0.420 e. The number of aliphatic imine (C=N–C) groups is 2. The summed E-state index contributed by atoms with van der Waals surface area (Å²) in [6, 6.07) is 53.9. The average molecular weight is 1320 g/mol. The zero-order chi connectivity index (χ0) is 64.3. The number of para-hydroxylation sites is 4. The highest BCUT2D eigenvalue weighted by Gasteiger charge is 2.36. The number of fused-ring (bicyclic) bond motifs is 2. The van der Waals surface area contributed by atoms with Gasteiger partial charge in [-0.1, -0.05) is 143 Å². The van der Waals surface area contributed by atoms with Gasteiger partial charge in [0.05, 0.1) is 87.3 Å². The summed E-state index contributed by atoms with van der Waals surface area (Å²) < 4.78 is 84.4. The summed E-state index contributed by atoms with van der Waals surface area (Å²) >= 11 is 30.0. The van der Waals surface area contributed by atoms with Gasteiger partial charge in [0.15, 0.2) is 46.3 Å².